The number of aliphatic hydroxyl groups is 1. The van der Waals surface area contributed by atoms with Crippen LogP contribution >= 0.6 is 0 Å². The molecule has 3 heterocycles. The molecule has 1 spiro atoms. The zero-order valence-electron chi connectivity index (χ0n) is 18.2. The number of ether oxygens (including phenoxy) is 1. The highest BCUT2D eigenvalue weighted by molar-refractivity contribution is 5.98. The first-order valence-electron chi connectivity index (χ1n) is 11.2. The zero-order valence-corrected chi connectivity index (χ0v) is 18.2. The summed E-state index contributed by atoms with van der Waals surface area (Å²) in [6.45, 7) is 5.90. The molecule has 0 unspecified atom stereocenters. The minimum atomic E-state index is -1.18. The molecule has 172 valence electrons. The van der Waals surface area contributed by atoms with Crippen molar-refractivity contribution in [2.45, 2.75) is 56.5 Å². The predicted octanol–water partition coefficient (Wildman–Crippen LogP) is 1.43. The van der Waals surface area contributed by atoms with Crippen LogP contribution in [0, 0.1) is 11.8 Å². The van der Waals surface area contributed by atoms with Crippen molar-refractivity contribution in [3.8, 4) is 0 Å². The number of likely N-dealkylation sites (tertiary alicyclic amines) is 1. The Morgan fingerprint density at radius 2 is 2.09 bits per heavy atom. The highest BCUT2D eigenvalue weighted by atomic mass is 16.5. The van der Waals surface area contributed by atoms with Crippen molar-refractivity contribution in [2.24, 2.45) is 11.8 Å². The van der Waals surface area contributed by atoms with Crippen LogP contribution in [0.25, 0.3) is 0 Å². The lowest BCUT2D eigenvalue weighted by molar-refractivity contribution is -0.153. The Kier molecular flexibility index (Phi) is 6.09. The molecule has 1 aromatic carbocycles. The number of carboxylic acids is 1. The van der Waals surface area contributed by atoms with E-state index in [0.717, 1.165) is 5.56 Å². The average Bonchev–Trinajstić information content (AvgIpc) is 3.43. The first-order chi connectivity index (χ1) is 15.4. The predicted molar refractivity (Wildman–Crippen MR) is 115 cm³/mol. The SMILES string of the molecule is C=CCN(Cc1ccccc1)C(=O)[C@H]1N([C@@H](CC)CO)C(=O)[C@@H]2[C@@H](C(=O)O)[C@H]3CC[C@]21O3. The topological polar surface area (TPSA) is 107 Å². The van der Waals surface area contributed by atoms with Crippen molar-refractivity contribution in [1.29, 1.82) is 0 Å². The fourth-order valence-electron chi connectivity index (χ4n) is 5.82. The second-order valence-electron chi connectivity index (χ2n) is 8.88. The van der Waals surface area contributed by atoms with Crippen molar-refractivity contribution in [1.82, 2.24) is 9.80 Å². The number of rotatable bonds is 9. The molecule has 2 N–H and O–H groups in total. The van der Waals surface area contributed by atoms with E-state index in [1.165, 1.54) is 4.90 Å². The van der Waals surface area contributed by atoms with E-state index >= 15 is 0 Å². The number of carboxylic acid groups (broad SMARTS) is 1. The van der Waals surface area contributed by atoms with Crippen LogP contribution in [0.3, 0.4) is 0 Å². The Balaban J connectivity index is 1.76. The lowest BCUT2D eigenvalue weighted by Gasteiger charge is -2.39. The molecule has 2 bridgehead atoms. The molecule has 0 aliphatic carbocycles. The summed E-state index contributed by atoms with van der Waals surface area (Å²) < 4.78 is 6.21. The van der Waals surface area contributed by atoms with Gasteiger partial charge < -0.3 is 24.7 Å². The molecular formula is C24H30N2O6. The molecule has 4 rings (SSSR count). The average molecular weight is 443 g/mol. The monoisotopic (exact) mass is 442 g/mol. The second kappa shape index (κ2) is 8.67. The van der Waals surface area contributed by atoms with Crippen LogP contribution in [-0.4, -0.2) is 74.7 Å². The van der Waals surface area contributed by atoms with E-state index in [0.29, 0.717) is 25.8 Å². The van der Waals surface area contributed by atoms with Crippen LogP contribution in [0.1, 0.15) is 31.7 Å². The largest absolute Gasteiger partial charge is 0.481 e. The van der Waals surface area contributed by atoms with Crippen LogP contribution in [0.15, 0.2) is 43.0 Å². The van der Waals surface area contributed by atoms with Gasteiger partial charge in [-0.1, -0.05) is 43.3 Å². The summed E-state index contributed by atoms with van der Waals surface area (Å²) in [7, 11) is 0. The van der Waals surface area contributed by atoms with Crippen molar-refractivity contribution in [2.75, 3.05) is 13.2 Å². The molecule has 2 amide bonds. The summed E-state index contributed by atoms with van der Waals surface area (Å²) in [6.07, 6.45) is 2.44. The van der Waals surface area contributed by atoms with E-state index in [9.17, 15) is 24.6 Å². The third-order valence-electron chi connectivity index (χ3n) is 7.21. The smallest absolute Gasteiger partial charge is 0.310 e. The number of hydrogen-bond acceptors (Lipinski definition) is 5. The van der Waals surface area contributed by atoms with E-state index in [-0.39, 0.29) is 19.1 Å². The number of carbonyl (C=O) groups excluding carboxylic acids is 2. The van der Waals surface area contributed by atoms with Gasteiger partial charge in [0.15, 0.2) is 0 Å². The van der Waals surface area contributed by atoms with Gasteiger partial charge in [0, 0.05) is 13.1 Å². The third kappa shape index (κ3) is 3.33. The molecule has 0 aromatic heterocycles. The normalized spacial score (nSPS) is 31.4. The highest BCUT2D eigenvalue weighted by Gasteiger charge is 2.75. The number of hydrogen-bond donors (Lipinski definition) is 2. The summed E-state index contributed by atoms with van der Waals surface area (Å²) in [5.74, 6) is -3.68. The molecule has 3 aliphatic heterocycles. The van der Waals surface area contributed by atoms with Gasteiger partial charge in [0.2, 0.25) is 11.8 Å². The van der Waals surface area contributed by atoms with Crippen molar-refractivity contribution in [3.63, 3.8) is 0 Å². The van der Waals surface area contributed by atoms with Crippen molar-refractivity contribution >= 4 is 17.8 Å². The molecule has 32 heavy (non-hydrogen) atoms. The standard InChI is InChI=1S/C24H30N2O6/c1-3-12-25(13-15-8-6-5-7-9-15)22(29)20-24-11-10-17(32-24)18(23(30)31)19(24)21(28)26(20)16(4-2)14-27/h3,5-9,16-20,27H,1,4,10-14H2,2H3,(H,30,31)/t16-,17+,18-,19-,20+,24-/m0/s1. The number of benzene rings is 1. The Labute approximate surface area is 187 Å². The van der Waals surface area contributed by atoms with Crippen LogP contribution in [0.2, 0.25) is 0 Å². The van der Waals surface area contributed by atoms with Gasteiger partial charge in [-0.25, -0.2) is 0 Å². The molecule has 0 saturated carbocycles. The Morgan fingerprint density at radius 3 is 2.69 bits per heavy atom. The van der Waals surface area contributed by atoms with Gasteiger partial charge in [0.05, 0.1) is 30.6 Å². The Hall–Kier alpha value is -2.71. The molecule has 8 heteroatoms. The van der Waals surface area contributed by atoms with Crippen LogP contribution in [0.5, 0.6) is 0 Å². The highest BCUT2D eigenvalue weighted by Crippen LogP contribution is 2.59. The van der Waals surface area contributed by atoms with E-state index in [2.05, 4.69) is 6.58 Å². The van der Waals surface area contributed by atoms with E-state index in [1.807, 2.05) is 37.3 Å². The van der Waals surface area contributed by atoms with Crippen molar-refractivity contribution < 1.29 is 29.3 Å². The van der Waals surface area contributed by atoms with Gasteiger partial charge >= 0.3 is 5.97 Å². The van der Waals surface area contributed by atoms with Crippen molar-refractivity contribution in [3.05, 3.63) is 48.6 Å². The minimum absolute atomic E-state index is 0.273. The Bertz CT molecular complexity index is 901. The molecule has 8 nitrogen and oxygen atoms in total. The summed E-state index contributed by atoms with van der Waals surface area (Å²) in [5.41, 5.74) is -0.248. The lowest BCUT2D eigenvalue weighted by Crippen LogP contribution is -2.58. The van der Waals surface area contributed by atoms with Crippen LogP contribution in [0.4, 0.5) is 0 Å². The fraction of sp³-hybridized carbons (Fsp3) is 0.542. The number of amides is 2. The van der Waals surface area contributed by atoms with Gasteiger partial charge in [-0.05, 0) is 24.8 Å². The van der Waals surface area contributed by atoms with Crippen LogP contribution in [-0.2, 0) is 25.7 Å². The number of fused-ring (bicyclic) bond motifs is 1. The molecule has 3 saturated heterocycles. The maximum Gasteiger partial charge on any atom is 0.310 e. The number of nitrogens with zero attached hydrogens (tertiary/aromatic N) is 2. The fourth-order valence-corrected chi connectivity index (χ4v) is 5.82. The Morgan fingerprint density at radius 1 is 1.38 bits per heavy atom. The van der Waals surface area contributed by atoms with E-state index in [4.69, 9.17) is 4.74 Å². The molecular weight excluding hydrogens is 412 g/mol. The molecule has 0 radical (unpaired) electrons. The third-order valence-corrected chi connectivity index (χ3v) is 7.21. The zero-order chi connectivity index (χ0) is 23.0. The van der Waals surface area contributed by atoms with E-state index in [1.54, 1.807) is 11.0 Å². The summed E-state index contributed by atoms with van der Waals surface area (Å²) in [6, 6.07) is 7.96. The van der Waals surface area contributed by atoms with Crippen LogP contribution < -0.4 is 0 Å². The lowest BCUT2D eigenvalue weighted by atomic mass is 9.70. The molecule has 3 fully saturated rings. The van der Waals surface area contributed by atoms with Gasteiger partial charge in [-0.3, -0.25) is 14.4 Å². The van der Waals surface area contributed by atoms with E-state index < -0.39 is 47.5 Å². The number of aliphatic hydroxyl groups excluding tert-OH is 1. The quantitative estimate of drug-likeness (QED) is 0.561. The summed E-state index contributed by atoms with van der Waals surface area (Å²) in [4.78, 5) is 42.7. The van der Waals surface area contributed by atoms with Gasteiger partial charge in [0.25, 0.3) is 0 Å². The number of carbonyl (C=O) groups is 3. The second-order valence-corrected chi connectivity index (χ2v) is 8.88. The molecule has 6 atom stereocenters. The molecule has 3 aliphatic rings. The number of aliphatic carboxylic acids is 1. The first-order valence-corrected chi connectivity index (χ1v) is 11.2. The van der Waals surface area contributed by atoms with Gasteiger partial charge in [-0.15, -0.1) is 6.58 Å². The summed E-state index contributed by atoms with van der Waals surface area (Å²) >= 11 is 0. The molecule has 1 aromatic rings. The minimum Gasteiger partial charge on any atom is -0.481 e. The van der Waals surface area contributed by atoms with Gasteiger partial charge in [-0.2, -0.15) is 0 Å². The van der Waals surface area contributed by atoms with Gasteiger partial charge in [0.1, 0.15) is 11.6 Å². The maximum absolute atomic E-state index is 14.0. The summed E-state index contributed by atoms with van der Waals surface area (Å²) in [5, 5.41) is 19.8. The first kappa shape index (κ1) is 22.5. The maximum atomic E-state index is 14.0.